The third-order valence-corrected chi connectivity index (χ3v) is 6.26. The molecule has 36 heavy (non-hydrogen) atoms. The van der Waals surface area contributed by atoms with Gasteiger partial charge in [-0.2, -0.15) is 0 Å². The van der Waals surface area contributed by atoms with Gasteiger partial charge in [0.1, 0.15) is 17.3 Å². The van der Waals surface area contributed by atoms with Gasteiger partial charge in [0.15, 0.2) is 0 Å². The zero-order valence-electron chi connectivity index (χ0n) is 22.0. The van der Waals surface area contributed by atoms with Gasteiger partial charge < -0.3 is 24.4 Å². The third kappa shape index (κ3) is 6.26. The summed E-state index contributed by atoms with van der Waals surface area (Å²) in [5, 5.41) is 11.3. The molecule has 1 saturated heterocycles. The predicted octanol–water partition coefficient (Wildman–Crippen LogP) is 5.03. The second kappa shape index (κ2) is 12.6. The molecule has 1 N–H and O–H groups in total. The van der Waals surface area contributed by atoms with Crippen molar-refractivity contribution < 1.29 is 24.2 Å². The number of Topliss-reactive ketones (excluding diaryl/α,β-unsaturated/α-hetero) is 1. The number of rotatable bonds is 12. The fourth-order valence-corrected chi connectivity index (χ4v) is 4.33. The topological polar surface area (TPSA) is 79.3 Å². The van der Waals surface area contributed by atoms with Gasteiger partial charge in [-0.1, -0.05) is 32.9 Å². The second-order valence-corrected chi connectivity index (χ2v) is 9.13. The third-order valence-electron chi connectivity index (χ3n) is 6.26. The molecule has 0 bridgehead atoms. The van der Waals surface area contributed by atoms with Crippen molar-refractivity contribution >= 4 is 17.4 Å². The van der Waals surface area contributed by atoms with Crippen molar-refractivity contribution in [1.29, 1.82) is 0 Å². The molecule has 0 radical (unpaired) electrons. The largest absolute Gasteiger partial charge is 0.507 e. The maximum atomic E-state index is 13.2. The maximum absolute atomic E-state index is 13.2. The molecule has 7 nitrogen and oxygen atoms in total. The molecule has 194 valence electrons. The minimum Gasteiger partial charge on any atom is -0.507 e. The first-order valence-corrected chi connectivity index (χ1v) is 12.8. The Labute approximate surface area is 214 Å². The zero-order valence-corrected chi connectivity index (χ0v) is 22.0. The van der Waals surface area contributed by atoms with Crippen LogP contribution in [0.3, 0.4) is 0 Å². The van der Waals surface area contributed by atoms with Gasteiger partial charge in [-0.05, 0) is 75.3 Å². The molecular formula is C29H38N2O5. The Hall–Kier alpha value is -3.32. The van der Waals surface area contributed by atoms with Crippen molar-refractivity contribution in [2.45, 2.75) is 53.2 Å². The number of hydrogen-bond donors (Lipinski definition) is 1. The molecule has 2 aromatic carbocycles. The molecular weight excluding hydrogens is 456 g/mol. The molecule has 3 rings (SSSR count). The van der Waals surface area contributed by atoms with Crippen LogP contribution in [0.4, 0.5) is 0 Å². The Morgan fingerprint density at radius 2 is 1.58 bits per heavy atom. The Morgan fingerprint density at radius 1 is 0.972 bits per heavy atom. The van der Waals surface area contributed by atoms with Crippen LogP contribution in [0.5, 0.6) is 11.5 Å². The van der Waals surface area contributed by atoms with Crippen LogP contribution in [-0.2, 0) is 9.59 Å². The van der Waals surface area contributed by atoms with Crippen LogP contribution >= 0.6 is 0 Å². The molecule has 0 aromatic heterocycles. The molecule has 0 aliphatic carbocycles. The van der Waals surface area contributed by atoms with E-state index >= 15 is 0 Å². The number of amides is 1. The van der Waals surface area contributed by atoms with Crippen LogP contribution in [0.2, 0.25) is 0 Å². The first kappa shape index (κ1) is 27.3. The van der Waals surface area contributed by atoms with E-state index in [1.165, 1.54) is 0 Å². The molecule has 1 fully saturated rings. The average Bonchev–Trinajstić information content (AvgIpc) is 3.13. The van der Waals surface area contributed by atoms with Crippen molar-refractivity contribution in [3.05, 3.63) is 65.2 Å². The minimum absolute atomic E-state index is 0.0184. The maximum Gasteiger partial charge on any atom is 0.295 e. The SMILES string of the molecule is CCCOc1ccc([C@H]2C(=C(O)c3ccc(OC(C)C)cc3)C(=O)C(=O)N2CCN(CC)CC)cc1. The Balaban J connectivity index is 2.02. The Bertz CT molecular complexity index is 1060. The number of likely N-dealkylation sites (N-methyl/N-ethyl adjacent to an activating group) is 1. The van der Waals surface area contributed by atoms with Crippen molar-refractivity contribution in [3.8, 4) is 11.5 Å². The summed E-state index contributed by atoms with van der Waals surface area (Å²) in [6, 6.07) is 13.6. The van der Waals surface area contributed by atoms with Gasteiger partial charge in [-0.25, -0.2) is 0 Å². The number of aliphatic hydroxyl groups is 1. The van der Waals surface area contributed by atoms with E-state index in [1.807, 2.05) is 45.0 Å². The summed E-state index contributed by atoms with van der Waals surface area (Å²) in [5.74, 6) is -0.0707. The number of ketones is 1. The highest BCUT2D eigenvalue weighted by atomic mass is 16.5. The summed E-state index contributed by atoms with van der Waals surface area (Å²) in [5.41, 5.74) is 1.30. The number of aliphatic hydroxyl groups excluding tert-OH is 1. The normalized spacial score (nSPS) is 17.3. The van der Waals surface area contributed by atoms with Crippen LogP contribution in [0, 0.1) is 0 Å². The summed E-state index contributed by atoms with van der Waals surface area (Å²) in [6.07, 6.45) is 0.915. The number of carbonyl (C=O) groups excluding carboxylic acids is 2. The summed E-state index contributed by atoms with van der Waals surface area (Å²) in [7, 11) is 0. The highest BCUT2D eigenvalue weighted by Gasteiger charge is 2.46. The van der Waals surface area contributed by atoms with Crippen molar-refractivity contribution in [2.75, 3.05) is 32.8 Å². The first-order chi connectivity index (χ1) is 17.3. The second-order valence-electron chi connectivity index (χ2n) is 9.13. The van der Waals surface area contributed by atoms with Gasteiger partial charge in [0.2, 0.25) is 0 Å². The van der Waals surface area contributed by atoms with E-state index in [0.717, 1.165) is 30.8 Å². The molecule has 7 heteroatoms. The van der Waals surface area contributed by atoms with Gasteiger partial charge in [0, 0.05) is 18.7 Å². The van der Waals surface area contributed by atoms with Crippen LogP contribution < -0.4 is 9.47 Å². The summed E-state index contributed by atoms with van der Waals surface area (Å²) < 4.78 is 11.4. The van der Waals surface area contributed by atoms with E-state index in [2.05, 4.69) is 18.7 Å². The quantitative estimate of drug-likeness (QED) is 0.253. The van der Waals surface area contributed by atoms with Gasteiger partial charge in [-0.3, -0.25) is 9.59 Å². The lowest BCUT2D eigenvalue weighted by Gasteiger charge is -2.28. The van der Waals surface area contributed by atoms with E-state index in [0.29, 0.717) is 31.0 Å². The number of benzene rings is 2. The lowest BCUT2D eigenvalue weighted by molar-refractivity contribution is -0.140. The van der Waals surface area contributed by atoms with E-state index in [9.17, 15) is 14.7 Å². The Kier molecular flexibility index (Phi) is 9.53. The number of likely N-dealkylation sites (tertiary alicyclic amines) is 1. The molecule has 1 amide bonds. The summed E-state index contributed by atoms with van der Waals surface area (Å²) in [6.45, 7) is 13.4. The minimum atomic E-state index is -0.688. The highest BCUT2D eigenvalue weighted by molar-refractivity contribution is 6.46. The number of ether oxygens (including phenoxy) is 2. The molecule has 1 heterocycles. The van der Waals surface area contributed by atoms with Crippen LogP contribution in [0.1, 0.15) is 58.2 Å². The van der Waals surface area contributed by atoms with Gasteiger partial charge in [-0.15, -0.1) is 0 Å². The van der Waals surface area contributed by atoms with Crippen LogP contribution in [-0.4, -0.2) is 65.5 Å². The molecule has 1 aliphatic rings. The molecule has 1 aliphatic heterocycles. The van der Waals surface area contributed by atoms with E-state index in [1.54, 1.807) is 29.2 Å². The first-order valence-electron chi connectivity index (χ1n) is 12.8. The smallest absolute Gasteiger partial charge is 0.295 e. The fourth-order valence-electron chi connectivity index (χ4n) is 4.33. The molecule has 0 unspecified atom stereocenters. The monoisotopic (exact) mass is 494 g/mol. The average molecular weight is 495 g/mol. The van der Waals surface area contributed by atoms with Gasteiger partial charge >= 0.3 is 0 Å². The van der Waals surface area contributed by atoms with Crippen molar-refractivity contribution in [2.24, 2.45) is 0 Å². The molecule has 0 saturated carbocycles. The fraction of sp³-hybridized carbons (Fsp3) is 0.448. The van der Waals surface area contributed by atoms with Crippen LogP contribution in [0.25, 0.3) is 5.76 Å². The summed E-state index contributed by atoms with van der Waals surface area (Å²) >= 11 is 0. The number of hydrogen-bond acceptors (Lipinski definition) is 6. The van der Waals surface area contributed by atoms with Crippen molar-refractivity contribution in [1.82, 2.24) is 9.80 Å². The zero-order chi connectivity index (χ0) is 26.2. The van der Waals surface area contributed by atoms with E-state index in [4.69, 9.17) is 9.47 Å². The lowest BCUT2D eigenvalue weighted by atomic mass is 9.95. The van der Waals surface area contributed by atoms with Gasteiger partial charge in [0.25, 0.3) is 11.7 Å². The molecule has 1 atom stereocenters. The number of carbonyl (C=O) groups is 2. The highest BCUT2D eigenvalue weighted by Crippen LogP contribution is 2.40. The van der Waals surface area contributed by atoms with E-state index in [-0.39, 0.29) is 17.4 Å². The standard InChI is InChI=1S/C29H38N2O5/c1-6-19-35-23-13-9-21(10-14-23)26-25(27(32)22-11-15-24(16-12-22)36-20(4)5)28(33)29(34)31(26)18-17-30(7-2)8-3/h9-16,20,26,32H,6-8,17-19H2,1-5H3/t26-/m0/s1. The Morgan fingerprint density at radius 3 is 2.14 bits per heavy atom. The van der Waals surface area contributed by atoms with Gasteiger partial charge in [0.05, 0.1) is 24.3 Å². The molecule has 2 aromatic rings. The van der Waals surface area contributed by atoms with Crippen molar-refractivity contribution in [3.63, 3.8) is 0 Å². The van der Waals surface area contributed by atoms with E-state index < -0.39 is 17.7 Å². The molecule has 0 spiro atoms. The van der Waals surface area contributed by atoms with Crippen LogP contribution in [0.15, 0.2) is 54.1 Å². The lowest BCUT2D eigenvalue weighted by Crippen LogP contribution is -2.38. The summed E-state index contributed by atoms with van der Waals surface area (Å²) in [4.78, 5) is 30.2. The predicted molar refractivity (Wildman–Crippen MR) is 141 cm³/mol. The number of nitrogens with zero attached hydrogens (tertiary/aromatic N) is 2.